The molecule has 0 aromatic heterocycles. The van der Waals surface area contributed by atoms with Gasteiger partial charge >= 0.3 is 11.9 Å². The molecule has 2 fully saturated rings. The highest BCUT2D eigenvalue weighted by Gasteiger charge is 2.41. The number of carboxylic acids is 2. The van der Waals surface area contributed by atoms with Gasteiger partial charge in [0.1, 0.15) is 5.78 Å². The third-order valence-corrected chi connectivity index (χ3v) is 11.1. The first-order chi connectivity index (χ1) is 23.9. The quantitative estimate of drug-likeness (QED) is 0.0408. The van der Waals surface area contributed by atoms with E-state index in [1.165, 1.54) is 0 Å². The first kappa shape index (κ1) is 46.4. The Morgan fingerprint density at radius 2 is 1.00 bits per heavy atom. The van der Waals surface area contributed by atoms with Gasteiger partial charge in [-0.3, -0.25) is 14.4 Å². The zero-order valence-electron chi connectivity index (χ0n) is 31.4. The Hall–Kier alpha value is -1.59. The number of aliphatic carboxylic acids is 2. The van der Waals surface area contributed by atoms with Crippen molar-refractivity contribution in [3.8, 4) is 0 Å². The lowest BCUT2D eigenvalue weighted by atomic mass is 9.84. The predicted octanol–water partition coefficient (Wildman–Crippen LogP) is 7.19. The first-order valence-corrected chi connectivity index (χ1v) is 20.3. The summed E-state index contributed by atoms with van der Waals surface area (Å²) >= 11 is 0. The number of aliphatic hydroxyl groups is 5. The summed E-state index contributed by atoms with van der Waals surface area (Å²) in [7, 11) is 0. The van der Waals surface area contributed by atoms with Crippen molar-refractivity contribution in [3.63, 3.8) is 0 Å². The maximum absolute atomic E-state index is 12.2. The van der Waals surface area contributed by atoms with Gasteiger partial charge in [0.05, 0.1) is 30.5 Å². The molecule has 5 unspecified atom stereocenters. The molecule has 0 aromatic rings. The molecule has 0 aliphatic heterocycles. The Bertz CT molecular complexity index is 897. The van der Waals surface area contributed by atoms with Crippen LogP contribution in [0.25, 0.3) is 0 Å². The van der Waals surface area contributed by atoms with E-state index >= 15 is 0 Å². The molecule has 294 valence electrons. The van der Waals surface area contributed by atoms with Crippen LogP contribution in [0.1, 0.15) is 181 Å². The van der Waals surface area contributed by atoms with E-state index in [2.05, 4.69) is 13.8 Å². The van der Waals surface area contributed by atoms with Gasteiger partial charge in [-0.05, 0) is 88.4 Å². The lowest BCUT2D eigenvalue weighted by Crippen LogP contribution is -2.24. The van der Waals surface area contributed by atoms with Crippen LogP contribution >= 0.6 is 0 Å². The number of carbonyl (C=O) groups excluding carboxylic acids is 1. The van der Waals surface area contributed by atoms with Crippen LogP contribution in [0.15, 0.2) is 0 Å². The second-order valence-electron chi connectivity index (χ2n) is 15.4. The molecule has 2 aliphatic rings. The third-order valence-electron chi connectivity index (χ3n) is 11.1. The Balaban J connectivity index is 0.000000500. The van der Waals surface area contributed by atoms with E-state index in [1.54, 1.807) is 0 Å². The fourth-order valence-electron chi connectivity index (χ4n) is 8.09. The van der Waals surface area contributed by atoms with E-state index in [0.29, 0.717) is 38.5 Å². The molecule has 0 aromatic carbocycles. The Labute approximate surface area is 302 Å². The summed E-state index contributed by atoms with van der Waals surface area (Å²) < 4.78 is 0. The van der Waals surface area contributed by atoms with E-state index in [0.717, 1.165) is 109 Å². The van der Waals surface area contributed by atoms with Crippen LogP contribution in [0.4, 0.5) is 0 Å². The van der Waals surface area contributed by atoms with Crippen molar-refractivity contribution >= 4 is 17.7 Å². The minimum Gasteiger partial charge on any atom is -0.481 e. The highest BCUT2D eigenvalue weighted by molar-refractivity contribution is 5.84. The topological polar surface area (TPSA) is 193 Å². The van der Waals surface area contributed by atoms with Crippen LogP contribution < -0.4 is 0 Å². The summed E-state index contributed by atoms with van der Waals surface area (Å²) in [5.41, 5.74) is 0. The number of hydrogen-bond acceptors (Lipinski definition) is 8. The molecular formula is C40H74O10. The number of ketones is 1. The number of hydrogen-bond donors (Lipinski definition) is 7. The number of carbonyl (C=O) groups is 3. The summed E-state index contributed by atoms with van der Waals surface area (Å²) in [5.74, 6) is -1.26. The molecule has 0 spiro atoms. The number of Topliss-reactive ketones (excluding diaryl/α,β-unsaturated/α-hetero) is 1. The molecule has 0 bridgehead atoms. The van der Waals surface area contributed by atoms with Crippen LogP contribution in [0.3, 0.4) is 0 Å². The molecule has 2 rings (SSSR count). The lowest BCUT2D eigenvalue weighted by molar-refractivity contribution is -0.138. The van der Waals surface area contributed by atoms with Gasteiger partial charge in [0.25, 0.3) is 0 Å². The SMILES string of the molecule is CCCCC[C@H](O)CCC1C(CCCCCCC(=O)O)C(=O)C[C@H]1O.CCCCC[C@H](O)CCC1C(CCCCCCC(=O)O)C(O)C[C@H]1O. The van der Waals surface area contributed by atoms with Crippen LogP contribution in [0.5, 0.6) is 0 Å². The standard InChI is InChI=1S/C20H38O5.C20H36O5/c2*1-2-3-6-9-15(21)12-13-17-16(18(22)14-19(17)23)10-7-4-5-8-11-20(24)25/h15-19,21-23H,2-14H2,1H3,(H,24,25);15-17,19,21,23H,2-14H2,1H3,(H,24,25)/t15-,16?,17?,18?,19+;15-,16?,17?,19+/m00/s1. The van der Waals surface area contributed by atoms with Gasteiger partial charge in [-0.1, -0.05) is 90.9 Å². The molecule has 10 heteroatoms. The number of unbranched alkanes of at least 4 members (excludes halogenated alkanes) is 10. The Morgan fingerprint density at radius 1 is 0.560 bits per heavy atom. The fraction of sp³-hybridized carbons (Fsp3) is 0.925. The second-order valence-corrected chi connectivity index (χ2v) is 15.4. The molecule has 0 heterocycles. The zero-order valence-corrected chi connectivity index (χ0v) is 31.4. The van der Waals surface area contributed by atoms with Gasteiger partial charge in [0.2, 0.25) is 0 Å². The maximum Gasteiger partial charge on any atom is 0.303 e. The van der Waals surface area contributed by atoms with Gasteiger partial charge in [-0.2, -0.15) is 0 Å². The van der Waals surface area contributed by atoms with Gasteiger partial charge < -0.3 is 35.7 Å². The summed E-state index contributed by atoms with van der Waals surface area (Å²) in [6.45, 7) is 4.29. The monoisotopic (exact) mass is 715 g/mol. The summed E-state index contributed by atoms with van der Waals surface area (Å²) in [5, 5.41) is 68.1. The number of aliphatic hydroxyl groups excluding tert-OH is 5. The lowest BCUT2D eigenvalue weighted by Gasteiger charge is -2.24. The molecular weight excluding hydrogens is 640 g/mol. The number of rotatable bonds is 28. The molecule has 0 saturated heterocycles. The van der Waals surface area contributed by atoms with Crippen molar-refractivity contribution in [1.29, 1.82) is 0 Å². The van der Waals surface area contributed by atoms with E-state index in [4.69, 9.17) is 10.2 Å². The Morgan fingerprint density at radius 3 is 1.48 bits per heavy atom. The molecule has 2 saturated carbocycles. The Kier molecular flexibility index (Phi) is 26.0. The van der Waals surface area contributed by atoms with E-state index in [1.807, 2.05) is 0 Å². The van der Waals surface area contributed by atoms with Crippen LogP contribution in [0, 0.1) is 23.7 Å². The van der Waals surface area contributed by atoms with Crippen molar-refractivity contribution in [1.82, 2.24) is 0 Å². The normalized spacial score (nSPS) is 26.1. The maximum atomic E-state index is 12.2. The van der Waals surface area contributed by atoms with E-state index in [-0.39, 0.29) is 60.9 Å². The smallest absolute Gasteiger partial charge is 0.303 e. The van der Waals surface area contributed by atoms with Gasteiger partial charge in [0, 0.05) is 25.2 Å². The summed E-state index contributed by atoms with van der Waals surface area (Å²) in [6.07, 6.45) is 18.7. The van der Waals surface area contributed by atoms with E-state index in [9.17, 15) is 39.9 Å². The molecule has 2 aliphatic carbocycles. The van der Waals surface area contributed by atoms with Gasteiger partial charge in [-0.15, -0.1) is 0 Å². The molecule has 0 amide bonds. The fourth-order valence-corrected chi connectivity index (χ4v) is 8.09. The zero-order chi connectivity index (χ0) is 37.3. The first-order valence-electron chi connectivity index (χ1n) is 20.3. The van der Waals surface area contributed by atoms with Crippen molar-refractivity contribution < 1.29 is 50.1 Å². The van der Waals surface area contributed by atoms with Crippen LogP contribution in [0.2, 0.25) is 0 Å². The van der Waals surface area contributed by atoms with Gasteiger partial charge in [-0.25, -0.2) is 0 Å². The predicted molar refractivity (Wildman–Crippen MR) is 196 cm³/mol. The van der Waals surface area contributed by atoms with Crippen LogP contribution in [-0.4, -0.2) is 84.0 Å². The van der Waals surface area contributed by atoms with Gasteiger partial charge in [0.15, 0.2) is 0 Å². The minimum atomic E-state index is -0.758. The van der Waals surface area contributed by atoms with Crippen molar-refractivity contribution in [2.24, 2.45) is 23.7 Å². The highest BCUT2D eigenvalue weighted by Crippen LogP contribution is 2.40. The second kappa shape index (κ2) is 28.0. The highest BCUT2D eigenvalue weighted by atomic mass is 16.4. The van der Waals surface area contributed by atoms with Crippen LogP contribution in [-0.2, 0) is 14.4 Å². The van der Waals surface area contributed by atoms with Crippen molar-refractivity contribution in [2.45, 2.75) is 211 Å². The molecule has 7 N–H and O–H groups in total. The third kappa shape index (κ3) is 20.4. The molecule has 50 heavy (non-hydrogen) atoms. The van der Waals surface area contributed by atoms with Crippen molar-refractivity contribution in [2.75, 3.05) is 0 Å². The summed E-state index contributed by atoms with van der Waals surface area (Å²) in [4.78, 5) is 33.1. The minimum absolute atomic E-state index is 0.0210. The molecule has 0 radical (unpaired) electrons. The summed E-state index contributed by atoms with van der Waals surface area (Å²) in [6, 6.07) is 0. The molecule has 10 nitrogen and oxygen atoms in total. The molecule has 9 atom stereocenters. The average molecular weight is 715 g/mol. The van der Waals surface area contributed by atoms with Crippen molar-refractivity contribution in [3.05, 3.63) is 0 Å². The van der Waals surface area contributed by atoms with E-state index < -0.39 is 30.3 Å². The number of carboxylic acid groups (broad SMARTS) is 2. The average Bonchev–Trinajstić information content (AvgIpc) is 3.49. The largest absolute Gasteiger partial charge is 0.481 e.